The average Bonchev–Trinajstić information content (AvgIpc) is 1.90. The van der Waals surface area contributed by atoms with Crippen molar-refractivity contribution in [2.75, 3.05) is 6.61 Å². The Morgan fingerprint density at radius 2 is 1.70 bits per heavy atom. The minimum Gasteiger partial charge on any atom is -0.392 e. The summed E-state index contributed by atoms with van der Waals surface area (Å²) in [6.45, 7) is 7.32. The molecule has 0 heterocycles. The summed E-state index contributed by atoms with van der Waals surface area (Å²) in [5.74, 6) is 0. The topological polar surface area (TPSA) is 20.2 Å². The predicted octanol–water partition coefficient (Wildman–Crippen LogP) is 2.06. The first-order valence-corrected chi connectivity index (χ1v) is 3.35. The standard InChI is InChI=1S/C9H14O/c1-3-5-9(6-4-2)7-8-10/h3-4,7,10H,1-2,5-6,8H2. The highest BCUT2D eigenvalue weighted by Gasteiger charge is 1.88. The SMILES string of the molecule is C=CCC(=CCO)CC=C. The maximum atomic E-state index is 8.54. The van der Waals surface area contributed by atoms with Gasteiger partial charge < -0.3 is 5.11 Å². The van der Waals surface area contributed by atoms with Crippen LogP contribution in [0, 0.1) is 0 Å². The fraction of sp³-hybridized carbons (Fsp3) is 0.333. The molecular formula is C9H14O. The van der Waals surface area contributed by atoms with E-state index < -0.39 is 0 Å². The number of aliphatic hydroxyl groups is 1. The van der Waals surface area contributed by atoms with Crippen molar-refractivity contribution in [1.29, 1.82) is 0 Å². The predicted molar refractivity (Wildman–Crippen MR) is 44.8 cm³/mol. The summed E-state index contributed by atoms with van der Waals surface area (Å²) in [5.41, 5.74) is 1.17. The van der Waals surface area contributed by atoms with E-state index in [9.17, 15) is 0 Å². The third-order valence-electron chi connectivity index (χ3n) is 1.19. The van der Waals surface area contributed by atoms with Crippen LogP contribution in [0.2, 0.25) is 0 Å². The molecule has 1 N–H and O–H groups in total. The maximum Gasteiger partial charge on any atom is 0.0615 e. The van der Waals surface area contributed by atoms with Gasteiger partial charge in [-0.1, -0.05) is 23.8 Å². The van der Waals surface area contributed by atoms with Crippen molar-refractivity contribution in [1.82, 2.24) is 0 Å². The van der Waals surface area contributed by atoms with Crippen molar-refractivity contribution < 1.29 is 5.11 Å². The average molecular weight is 138 g/mol. The van der Waals surface area contributed by atoms with Crippen LogP contribution in [0.1, 0.15) is 12.8 Å². The minimum atomic E-state index is 0.108. The van der Waals surface area contributed by atoms with E-state index in [0.29, 0.717) is 0 Å². The number of hydrogen-bond donors (Lipinski definition) is 1. The van der Waals surface area contributed by atoms with Gasteiger partial charge in [0.15, 0.2) is 0 Å². The van der Waals surface area contributed by atoms with E-state index in [1.54, 1.807) is 6.08 Å². The minimum absolute atomic E-state index is 0.108. The summed E-state index contributed by atoms with van der Waals surface area (Å²) < 4.78 is 0. The Morgan fingerprint density at radius 1 is 1.20 bits per heavy atom. The number of rotatable bonds is 5. The van der Waals surface area contributed by atoms with Gasteiger partial charge in [0.2, 0.25) is 0 Å². The molecule has 0 saturated carbocycles. The molecule has 0 unspecified atom stereocenters. The Morgan fingerprint density at radius 3 is 2.00 bits per heavy atom. The zero-order valence-electron chi connectivity index (χ0n) is 6.21. The largest absolute Gasteiger partial charge is 0.392 e. The van der Waals surface area contributed by atoms with Crippen molar-refractivity contribution in [3.8, 4) is 0 Å². The molecule has 0 aromatic carbocycles. The van der Waals surface area contributed by atoms with Crippen LogP contribution in [-0.2, 0) is 0 Å². The molecule has 56 valence electrons. The first-order chi connectivity index (χ1) is 4.85. The van der Waals surface area contributed by atoms with Crippen molar-refractivity contribution >= 4 is 0 Å². The first kappa shape index (κ1) is 9.18. The van der Waals surface area contributed by atoms with Gasteiger partial charge in [0.25, 0.3) is 0 Å². The lowest BCUT2D eigenvalue weighted by molar-refractivity contribution is 0.341. The molecule has 0 saturated heterocycles. The fourth-order valence-corrected chi connectivity index (χ4v) is 0.750. The molecule has 0 rings (SSSR count). The van der Waals surface area contributed by atoms with Gasteiger partial charge in [-0.2, -0.15) is 0 Å². The molecule has 0 bridgehead atoms. The molecule has 1 heteroatoms. The van der Waals surface area contributed by atoms with Gasteiger partial charge >= 0.3 is 0 Å². The Kier molecular flexibility index (Phi) is 5.79. The highest BCUT2D eigenvalue weighted by molar-refractivity contribution is 5.09. The molecule has 0 amide bonds. The van der Waals surface area contributed by atoms with Crippen molar-refractivity contribution in [2.24, 2.45) is 0 Å². The van der Waals surface area contributed by atoms with Gasteiger partial charge in [-0.05, 0) is 12.8 Å². The summed E-state index contributed by atoms with van der Waals surface area (Å²) in [5, 5.41) is 8.54. The second kappa shape index (κ2) is 6.30. The van der Waals surface area contributed by atoms with Crippen molar-refractivity contribution in [2.45, 2.75) is 12.8 Å². The zero-order valence-corrected chi connectivity index (χ0v) is 6.21. The Balaban J connectivity index is 3.82. The highest BCUT2D eigenvalue weighted by Crippen LogP contribution is 2.06. The van der Waals surface area contributed by atoms with Gasteiger partial charge in [0.1, 0.15) is 0 Å². The summed E-state index contributed by atoms with van der Waals surface area (Å²) in [6, 6.07) is 0. The number of hydrogen-bond acceptors (Lipinski definition) is 1. The van der Waals surface area contributed by atoms with Crippen LogP contribution in [0.4, 0.5) is 0 Å². The molecule has 0 atom stereocenters. The summed E-state index contributed by atoms with van der Waals surface area (Å²) in [7, 11) is 0. The smallest absolute Gasteiger partial charge is 0.0615 e. The molecule has 0 aliphatic heterocycles. The third kappa shape index (κ3) is 4.10. The van der Waals surface area contributed by atoms with Crippen LogP contribution in [0.25, 0.3) is 0 Å². The summed E-state index contributed by atoms with van der Waals surface area (Å²) in [6.07, 6.45) is 7.12. The van der Waals surface area contributed by atoms with Crippen LogP contribution in [0.3, 0.4) is 0 Å². The van der Waals surface area contributed by atoms with Crippen LogP contribution >= 0.6 is 0 Å². The van der Waals surface area contributed by atoms with Gasteiger partial charge in [-0.25, -0.2) is 0 Å². The molecule has 0 aliphatic carbocycles. The molecule has 1 nitrogen and oxygen atoms in total. The lowest BCUT2D eigenvalue weighted by atomic mass is 10.1. The molecule has 0 aromatic rings. The van der Waals surface area contributed by atoms with E-state index in [0.717, 1.165) is 12.8 Å². The molecule has 0 radical (unpaired) electrons. The van der Waals surface area contributed by atoms with Gasteiger partial charge in [-0.3, -0.25) is 0 Å². The maximum absolute atomic E-state index is 8.54. The molecule has 0 spiro atoms. The Labute approximate surface area is 62.4 Å². The van der Waals surface area contributed by atoms with Crippen LogP contribution in [-0.4, -0.2) is 11.7 Å². The summed E-state index contributed by atoms with van der Waals surface area (Å²) >= 11 is 0. The molecular weight excluding hydrogens is 124 g/mol. The normalized spacial score (nSPS) is 8.50. The van der Waals surface area contributed by atoms with E-state index in [4.69, 9.17) is 5.11 Å². The second-order valence-electron chi connectivity index (χ2n) is 2.03. The zero-order chi connectivity index (χ0) is 7.82. The van der Waals surface area contributed by atoms with E-state index >= 15 is 0 Å². The summed E-state index contributed by atoms with van der Waals surface area (Å²) in [4.78, 5) is 0. The molecule has 0 aliphatic rings. The number of allylic oxidation sites excluding steroid dienone is 3. The van der Waals surface area contributed by atoms with E-state index in [2.05, 4.69) is 13.2 Å². The monoisotopic (exact) mass is 138 g/mol. The first-order valence-electron chi connectivity index (χ1n) is 3.35. The fourth-order valence-electron chi connectivity index (χ4n) is 0.750. The third-order valence-corrected chi connectivity index (χ3v) is 1.19. The van der Waals surface area contributed by atoms with E-state index in [1.165, 1.54) is 5.57 Å². The van der Waals surface area contributed by atoms with Gasteiger partial charge in [-0.15, -0.1) is 13.2 Å². The number of aliphatic hydroxyl groups excluding tert-OH is 1. The van der Waals surface area contributed by atoms with Crippen LogP contribution < -0.4 is 0 Å². The highest BCUT2D eigenvalue weighted by atomic mass is 16.2. The Bertz CT molecular complexity index is 122. The van der Waals surface area contributed by atoms with Crippen LogP contribution in [0.15, 0.2) is 37.0 Å². The lowest BCUT2D eigenvalue weighted by Crippen LogP contribution is -1.82. The molecule has 0 fully saturated rings. The van der Waals surface area contributed by atoms with E-state index in [-0.39, 0.29) is 6.61 Å². The Hall–Kier alpha value is -0.820. The second-order valence-corrected chi connectivity index (χ2v) is 2.03. The quantitative estimate of drug-likeness (QED) is 0.576. The van der Waals surface area contributed by atoms with Crippen LogP contribution in [0.5, 0.6) is 0 Å². The lowest BCUT2D eigenvalue weighted by Gasteiger charge is -1.97. The van der Waals surface area contributed by atoms with Crippen molar-refractivity contribution in [3.05, 3.63) is 37.0 Å². The van der Waals surface area contributed by atoms with Gasteiger partial charge in [0.05, 0.1) is 6.61 Å². The van der Waals surface area contributed by atoms with E-state index in [1.807, 2.05) is 12.2 Å². The molecule has 10 heavy (non-hydrogen) atoms. The van der Waals surface area contributed by atoms with Crippen molar-refractivity contribution in [3.63, 3.8) is 0 Å². The van der Waals surface area contributed by atoms with Gasteiger partial charge in [0, 0.05) is 0 Å². The molecule has 0 aromatic heterocycles.